The number of hydrogen-bond acceptors (Lipinski definition) is 5. The molecule has 0 N–H and O–H groups in total. The smallest absolute Gasteiger partial charge is 0.410 e. The SMILES string of the molecule is O=C1OCCN1Cc1nc(-c2cccc(Br)c2)no1. The summed E-state index contributed by atoms with van der Waals surface area (Å²) in [5, 5.41) is 3.91. The van der Waals surface area contributed by atoms with Gasteiger partial charge in [0, 0.05) is 10.0 Å². The van der Waals surface area contributed by atoms with Gasteiger partial charge in [0.1, 0.15) is 13.2 Å². The van der Waals surface area contributed by atoms with Crippen LogP contribution in [0.25, 0.3) is 11.4 Å². The predicted octanol–water partition coefficient (Wildman–Crippen LogP) is 2.45. The molecule has 1 aromatic heterocycles. The van der Waals surface area contributed by atoms with Gasteiger partial charge < -0.3 is 9.26 Å². The minimum Gasteiger partial charge on any atom is -0.448 e. The summed E-state index contributed by atoms with van der Waals surface area (Å²) < 4.78 is 10.9. The fraction of sp³-hybridized carbons (Fsp3) is 0.250. The van der Waals surface area contributed by atoms with Gasteiger partial charge in [-0.15, -0.1) is 0 Å². The second kappa shape index (κ2) is 5.00. The molecule has 0 bridgehead atoms. The van der Waals surface area contributed by atoms with E-state index in [1.807, 2.05) is 24.3 Å². The number of halogens is 1. The number of aromatic nitrogens is 2. The molecule has 1 aliphatic rings. The third-order valence-electron chi connectivity index (χ3n) is 2.72. The molecule has 1 aliphatic heterocycles. The Morgan fingerprint density at radius 1 is 1.42 bits per heavy atom. The second-order valence-electron chi connectivity index (χ2n) is 4.06. The van der Waals surface area contributed by atoms with Crippen LogP contribution in [0.4, 0.5) is 4.79 Å². The number of benzene rings is 1. The number of hydrogen-bond donors (Lipinski definition) is 0. The van der Waals surface area contributed by atoms with Crippen molar-refractivity contribution in [3.8, 4) is 11.4 Å². The van der Waals surface area contributed by atoms with Crippen LogP contribution in [0.3, 0.4) is 0 Å². The Kier molecular flexibility index (Phi) is 3.20. The van der Waals surface area contributed by atoms with Crippen LogP contribution in [0.1, 0.15) is 5.89 Å². The highest BCUT2D eigenvalue weighted by molar-refractivity contribution is 9.10. The van der Waals surface area contributed by atoms with E-state index in [1.165, 1.54) is 4.90 Å². The molecule has 1 aromatic carbocycles. The van der Waals surface area contributed by atoms with E-state index in [1.54, 1.807) is 0 Å². The van der Waals surface area contributed by atoms with Crippen LogP contribution in [0.5, 0.6) is 0 Å². The molecule has 0 radical (unpaired) electrons. The van der Waals surface area contributed by atoms with Crippen molar-refractivity contribution in [1.82, 2.24) is 15.0 Å². The van der Waals surface area contributed by atoms with Gasteiger partial charge >= 0.3 is 6.09 Å². The topological polar surface area (TPSA) is 68.5 Å². The molecule has 0 atom stereocenters. The first-order valence-corrected chi connectivity index (χ1v) is 6.52. The molecule has 0 spiro atoms. The molecule has 6 nitrogen and oxygen atoms in total. The highest BCUT2D eigenvalue weighted by atomic mass is 79.9. The molecule has 1 saturated heterocycles. The van der Waals surface area contributed by atoms with E-state index in [2.05, 4.69) is 26.1 Å². The minimum absolute atomic E-state index is 0.278. The lowest BCUT2D eigenvalue weighted by Crippen LogP contribution is -2.23. The van der Waals surface area contributed by atoms with Crippen LogP contribution in [0, 0.1) is 0 Å². The van der Waals surface area contributed by atoms with Gasteiger partial charge in [0.25, 0.3) is 0 Å². The summed E-state index contributed by atoms with van der Waals surface area (Å²) in [5.41, 5.74) is 0.855. The van der Waals surface area contributed by atoms with Crippen molar-refractivity contribution < 1.29 is 14.1 Å². The van der Waals surface area contributed by atoms with Crippen molar-refractivity contribution in [3.63, 3.8) is 0 Å². The average Bonchev–Trinajstić information content (AvgIpc) is 3.00. The number of nitrogens with zero attached hydrogens (tertiary/aromatic N) is 3. The van der Waals surface area contributed by atoms with Crippen molar-refractivity contribution in [3.05, 3.63) is 34.6 Å². The Labute approximate surface area is 117 Å². The summed E-state index contributed by atoms with van der Waals surface area (Å²) in [4.78, 5) is 17.1. The lowest BCUT2D eigenvalue weighted by molar-refractivity contribution is 0.154. The molecular formula is C12H10BrN3O3. The fourth-order valence-electron chi connectivity index (χ4n) is 1.80. The molecule has 0 saturated carbocycles. The number of carbonyl (C=O) groups is 1. The van der Waals surface area contributed by atoms with Crippen LogP contribution in [0.15, 0.2) is 33.3 Å². The Morgan fingerprint density at radius 3 is 3.05 bits per heavy atom. The average molecular weight is 324 g/mol. The molecule has 19 heavy (non-hydrogen) atoms. The van der Waals surface area contributed by atoms with Gasteiger partial charge in [0.05, 0.1) is 6.54 Å². The Morgan fingerprint density at radius 2 is 2.32 bits per heavy atom. The first-order chi connectivity index (χ1) is 9.22. The number of carbonyl (C=O) groups excluding carboxylic acids is 1. The van der Waals surface area contributed by atoms with E-state index in [0.717, 1.165) is 10.0 Å². The van der Waals surface area contributed by atoms with Crippen molar-refractivity contribution in [2.45, 2.75) is 6.54 Å². The third-order valence-corrected chi connectivity index (χ3v) is 3.22. The van der Waals surface area contributed by atoms with E-state index in [9.17, 15) is 4.79 Å². The molecule has 7 heteroatoms. The number of cyclic esters (lactones) is 1. The van der Waals surface area contributed by atoms with E-state index >= 15 is 0 Å². The Bertz CT molecular complexity index is 614. The quantitative estimate of drug-likeness (QED) is 0.867. The summed E-state index contributed by atoms with van der Waals surface area (Å²) in [7, 11) is 0. The monoisotopic (exact) mass is 323 g/mol. The normalized spacial score (nSPS) is 14.8. The molecule has 0 unspecified atom stereocenters. The second-order valence-corrected chi connectivity index (χ2v) is 4.97. The maximum atomic E-state index is 11.3. The van der Waals surface area contributed by atoms with Crippen molar-refractivity contribution in [2.24, 2.45) is 0 Å². The highest BCUT2D eigenvalue weighted by Crippen LogP contribution is 2.21. The van der Waals surface area contributed by atoms with Gasteiger partial charge in [-0.05, 0) is 12.1 Å². The minimum atomic E-state index is -0.345. The summed E-state index contributed by atoms with van der Waals surface area (Å²) in [6.45, 7) is 1.23. The van der Waals surface area contributed by atoms with E-state index in [-0.39, 0.29) is 12.6 Å². The zero-order valence-corrected chi connectivity index (χ0v) is 11.5. The van der Waals surface area contributed by atoms with Crippen molar-refractivity contribution in [1.29, 1.82) is 0 Å². The van der Waals surface area contributed by atoms with Crippen LogP contribution < -0.4 is 0 Å². The molecule has 2 aromatic rings. The summed E-state index contributed by atoms with van der Waals surface area (Å²) in [6, 6.07) is 7.61. The Balaban J connectivity index is 1.78. The summed E-state index contributed by atoms with van der Waals surface area (Å²) in [6.07, 6.45) is -0.345. The molecule has 2 heterocycles. The van der Waals surface area contributed by atoms with Gasteiger partial charge in [-0.25, -0.2) is 4.79 Å². The summed E-state index contributed by atoms with van der Waals surface area (Å²) >= 11 is 3.39. The lowest BCUT2D eigenvalue weighted by atomic mass is 10.2. The molecule has 3 rings (SSSR count). The number of ether oxygens (including phenoxy) is 1. The van der Waals surface area contributed by atoms with Gasteiger partial charge in [-0.2, -0.15) is 4.98 Å². The number of rotatable bonds is 3. The van der Waals surface area contributed by atoms with Gasteiger partial charge in [0.2, 0.25) is 11.7 Å². The van der Waals surface area contributed by atoms with Crippen molar-refractivity contribution in [2.75, 3.05) is 13.2 Å². The maximum absolute atomic E-state index is 11.3. The molecule has 1 fully saturated rings. The van der Waals surface area contributed by atoms with Gasteiger partial charge in [-0.1, -0.05) is 33.2 Å². The molecule has 98 valence electrons. The first kappa shape index (κ1) is 12.2. The van der Waals surface area contributed by atoms with Crippen LogP contribution in [-0.4, -0.2) is 34.3 Å². The van der Waals surface area contributed by atoms with E-state index in [0.29, 0.717) is 24.9 Å². The van der Waals surface area contributed by atoms with Crippen molar-refractivity contribution >= 4 is 22.0 Å². The molecular weight excluding hydrogens is 314 g/mol. The van der Waals surface area contributed by atoms with Gasteiger partial charge in [0.15, 0.2) is 0 Å². The predicted molar refractivity (Wildman–Crippen MR) is 69.2 cm³/mol. The number of amides is 1. The molecule has 1 amide bonds. The zero-order chi connectivity index (χ0) is 13.2. The third kappa shape index (κ3) is 2.60. The zero-order valence-electron chi connectivity index (χ0n) is 9.88. The van der Waals surface area contributed by atoms with E-state index in [4.69, 9.17) is 9.26 Å². The van der Waals surface area contributed by atoms with E-state index < -0.39 is 0 Å². The van der Waals surface area contributed by atoms with Gasteiger partial charge in [-0.3, -0.25) is 4.90 Å². The largest absolute Gasteiger partial charge is 0.448 e. The van der Waals surface area contributed by atoms with Crippen LogP contribution in [0.2, 0.25) is 0 Å². The molecule has 0 aliphatic carbocycles. The standard InChI is InChI=1S/C12H10BrN3O3/c13-9-3-1-2-8(6-9)11-14-10(19-15-11)7-16-4-5-18-12(16)17/h1-3,6H,4-5,7H2. The summed E-state index contributed by atoms with van der Waals surface area (Å²) in [5.74, 6) is 0.901. The maximum Gasteiger partial charge on any atom is 0.410 e. The highest BCUT2D eigenvalue weighted by Gasteiger charge is 2.24. The van der Waals surface area contributed by atoms with Crippen LogP contribution in [-0.2, 0) is 11.3 Å². The first-order valence-electron chi connectivity index (χ1n) is 5.72. The van der Waals surface area contributed by atoms with Crippen LogP contribution >= 0.6 is 15.9 Å². The lowest BCUT2D eigenvalue weighted by Gasteiger charge is -2.07. The Hall–Kier alpha value is -1.89. The fourth-order valence-corrected chi connectivity index (χ4v) is 2.20.